The maximum absolute atomic E-state index is 12.4. The Morgan fingerprint density at radius 1 is 1.20 bits per heavy atom. The SMILES string of the molecule is Cc1cc(C)c(NC(=O)CCc2c(C)nn(CCC#N)c2C)c(C)c1. The van der Waals surface area contributed by atoms with Crippen molar-refractivity contribution in [2.24, 2.45) is 0 Å². The molecule has 1 aromatic heterocycles. The predicted molar refractivity (Wildman–Crippen MR) is 99.5 cm³/mol. The molecule has 0 saturated heterocycles. The number of amides is 1. The average molecular weight is 338 g/mol. The van der Waals surface area contributed by atoms with Crippen LogP contribution in [0.1, 0.15) is 46.5 Å². The van der Waals surface area contributed by atoms with Crippen LogP contribution in [0, 0.1) is 45.9 Å². The number of nitriles is 1. The molecule has 2 rings (SSSR count). The quantitative estimate of drug-likeness (QED) is 0.868. The van der Waals surface area contributed by atoms with Crippen molar-refractivity contribution in [3.05, 3.63) is 45.8 Å². The van der Waals surface area contributed by atoms with Gasteiger partial charge in [-0.05, 0) is 57.7 Å². The number of rotatable bonds is 6. The third kappa shape index (κ3) is 4.48. The fourth-order valence-electron chi connectivity index (χ4n) is 3.29. The molecular formula is C20H26N4O. The van der Waals surface area contributed by atoms with Crippen LogP contribution in [0.15, 0.2) is 12.1 Å². The van der Waals surface area contributed by atoms with Crippen LogP contribution in [0.3, 0.4) is 0 Å². The molecule has 0 fully saturated rings. The minimum Gasteiger partial charge on any atom is -0.326 e. The summed E-state index contributed by atoms with van der Waals surface area (Å²) in [6.45, 7) is 10.6. The number of hydrogen-bond donors (Lipinski definition) is 1. The van der Waals surface area contributed by atoms with E-state index in [1.54, 1.807) is 0 Å². The molecular weight excluding hydrogens is 312 g/mol. The van der Waals surface area contributed by atoms with Crippen molar-refractivity contribution in [2.75, 3.05) is 5.32 Å². The van der Waals surface area contributed by atoms with E-state index in [0.717, 1.165) is 33.8 Å². The smallest absolute Gasteiger partial charge is 0.224 e. The largest absolute Gasteiger partial charge is 0.326 e. The summed E-state index contributed by atoms with van der Waals surface area (Å²) in [6, 6.07) is 6.30. The van der Waals surface area contributed by atoms with E-state index < -0.39 is 0 Å². The lowest BCUT2D eigenvalue weighted by atomic mass is 10.0. The van der Waals surface area contributed by atoms with Crippen LogP contribution >= 0.6 is 0 Å². The molecule has 25 heavy (non-hydrogen) atoms. The lowest BCUT2D eigenvalue weighted by Crippen LogP contribution is -2.14. The van der Waals surface area contributed by atoms with Crippen LogP contribution in [-0.2, 0) is 17.8 Å². The molecule has 1 aromatic carbocycles. The lowest BCUT2D eigenvalue weighted by Gasteiger charge is -2.13. The van der Waals surface area contributed by atoms with Crippen molar-refractivity contribution in [3.63, 3.8) is 0 Å². The van der Waals surface area contributed by atoms with Crippen molar-refractivity contribution < 1.29 is 4.79 Å². The molecule has 2 aromatic rings. The van der Waals surface area contributed by atoms with Crippen molar-refractivity contribution >= 4 is 11.6 Å². The third-order valence-electron chi connectivity index (χ3n) is 4.51. The Hall–Kier alpha value is -2.61. The number of aromatic nitrogens is 2. The molecule has 132 valence electrons. The van der Waals surface area contributed by atoms with Crippen LogP contribution in [0.5, 0.6) is 0 Å². The Balaban J connectivity index is 2.04. The Morgan fingerprint density at radius 3 is 2.44 bits per heavy atom. The van der Waals surface area contributed by atoms with Gasteiger partial charge in [0, 0.05) is 17.8 Å². The molecule has 1 amide bonds. The van der Waals surface area contributed by atoms with Crippen LogP contribution in [-0.4, -0.2) is 15.7 Å². The van der Waals surface area contributed by atoms with Crippen molar-refractivity contribution in [1.29, 1.82) is 5.26 Å². The second-order valence-electron chi connectivity index (χ2n) is 6.60. The zero-order valence-corrected chi connectivity index (χ0v) is 15.7. The maximum atomic E-state index is 12.4. The first-order valence-electron chi connectivity index (χ1n) is 8.61. The van der Waals surface area contributed by atoms with Crippen molar-refractivity contribution in [1.82, 2.24) is 9.78 Å². The molecule has 0 radical (unpaired) electrons. The molecule has 0 bridgehead atoms. The van der Waals surface area contributed by atoms with E-state index in [1.807, 2.05) is 32.4 Å². The molecule has 0 spiro atoms. The van der Waals surface area contributed by atoms with Gasteiger partial charge in [-0.25, -0.2) is 0 Å². The van der Waals surface area contributed by atoms with Crippen LogP contribution in [0.2, 0.25) is 0 Å². The number of aryl methyl sites for hydroxylation is 5. The number of anilines is 1. The summed E-state index contributed by atoms with van der Waals surface area (Å²) >= 11 is 0. The first-order chi connectivity index (χ1) is 11.8. The fourth-order valence-corrected chi connectivity index (χ4v) is 3.29. The zero-order chi connectivity index (χ0) is 18.6. The molecule has 0 aliphatic heterocycles. The first-order valence-corrected chi connectivity index (χ1v) is 8.61. The highest BCUT2D eigenvalue weighted by Gasteiger charge is 2.14. The molecule has 0 atom stereocenters. The van der Waals surface area contributed by atoms with Gasteiger partial charge in [0.25, 0.3) is 0 Å². The van der Waals surface area contributed by atoms with Gasteiger partial charge in [0.1, 0.15) is 0 Å². The van der Waals surface area contributed by atoms with Gasteiger partial charge in [0.05, 0.1) is 24.7 Å². The molecule has 1 N–H and O–H groups in total. The number of nitrogens with zero attached hydrogens (tertiary/aromatic N) is 3. The molecule has 0 unspecified atom stereocenters. The van der Waals surface area contributed by atoms with E-state index in [1.165, 1.54) is 5.56 Å². The Kier molecular flexibility index (Phi) is 5.97. The number of carbonyl (C=O) groups is 1. The Bertz CT molecular complexity index is 804. The summed E-state index contributed by atoms with van der Waals surface area (Å²) in [4.78, 5) is 12.4. The minimum absolute atomic E-state index is 0.0126. The van der Waals surface area contributed by atoms with Crippen LogP contribution < -0.4 is 5.32 Å². The summed E-state index contributed by atoms with van der Waals surface area (Å²) < 4.78 is 1.86. The van der Waals surface area contributed by atoms with Gasteiger partial charge < -0.3 is 5.32 Å². The van der Waals surface area contributed by atoms with Crippen LogP contribution in [0.4, 0.5) is 5.69 Å². The van der Waals surface area contributed by atoms with Gasteiger partial charge >= 0.3 is 0 Å². The van der Waals surface area contributed by atoms with Gasteiger partial charge in [-0.1, -0.05) is 17.7 Å². The predicted octanol–water partition coefficient (Wildman–Crippen LogP) is 3.91. The van der Waals surface area contributed by atoms with E-state index in [2.05, 4.69) is 35.5 Å². The highest BCUT2D eigenvalue weighted by Crippen LogP contribution is 2.22. The second kappa shape index (κ2) is 7.98. The van der Waals surface area contributed by atoms with Crippen molar-refractivity contribution in [3.8, 4) is 6.07 Å². The van der Waals surface area contributed by atoms with Gasteiger partial charge in [-0.15, -0.1) is 0 Å². The van der Waals surface area contributed by atoms with E-state index >= 15 is 0 Å². The van der Waals surface area contributed by atoms with E-state index in [0.29, 0.717) is 25.8 Å². The average Bonchev–Trinajstić information content (AvgIpc) is 2.80. The zero-order valence-electron chi connectivity index (χ0n) is 15.7. The van der Waals surface area contributed by atoms with E-state index in [4.69, 9.17) is 5.26 Å². The Labute approximate surface area is 149 Å². The number of nitrogens with one attached hydrogen (secondary N) is 1. The third-order valence-corrected chi connectivity index (χ3v) is 4.51. The summed E-state index contributed by atoms with van der Waals surface area (Å²) in [5.74, 6) is 0.0126. The lowest BCUT2D eigenvalue weighted by molar-refractivity contribution is -0.116. The maximum Gasteiger partial charge on any atom is 0.224 e. The highest BCUT2D eigenvalue weighted by atomic mass is 16.1. The van der Waals surface area contributed by atoms with Crippen molar-refractivity contribution in [2.45, 2.75) is 60.4 Å². The minimum atomic E-state index is 0.0126. The molecule has 1 heterocycles. The highest BCUT2D eigenvalue weighted by molar-refractivity contribution is 5.92. The van der Waals surface area contributed by atoms with Gasteiger partial charge in [-0.2, -0.15) is 10.4 Å². The standard InChI is InChI=1S/C20H26N4O/c1-13-11-14(2)20(15(3)12-13)22-19(25)8-7-18-16(4)23-24(17(18)5)10-6-9-21/h11-12H,6-8,10H2,1-5H3,(H,22,25). The Morgan fingerprint density at radius 2 is 1.84 bits per heavy atom. The monoisotopic (exact) mass is 338 g/mol. The van der Waals surface area contributed by atoms with Crippen LogP contribution in [0.25, 0.3) is 0 Å². The molecule has 0 aliphatic carbocycles. The molecule has 5 heteroatoms. The van der Waals surface area contributed by atoms with E-state index in [9.17, 15) is 4.79 Å². The molecule has 0 saturated carbocycles. The molecule has 0 aliphatic rings. The topological polar surface area (TPSA) is 70.7 Å². The normalized spacial score (nSPS) is 10.6. The molecule has 5 nitrogen and oxygen atoms in total. The number of hydrogen-bond acceptors (Lipinski definition) is 3. The summed E-state index contributed by atoms with van der Waals surface area (Å²) in [7, 11) is 0. The second-order valence-corrected chi connectivity index (χ2v) is 6.60. The van der Waals surface area contributed by atoms with Gasteiger partial charge in [0.15, 0.2) is 0 Å². The number of benzene rings is 1. The first kappa shape index (κ1) is 18.7. The fraction of sp³-hybridized carbons (Fsp3) is 0.450. The van der Waals surface area contributed by atoms with Gasteiger partial charge in [-0.3, -0.25) is 9.48 Å². The summed E-state index contributed by atoms with van der Waals surface area (Å²) in [5, 5.41) is 16.3. The van der Waals surface area contributed by atoms with E-state index in [-0.39, 0.29) is 5.91 Å². The summed E-state index contributed by atoms with van der Waals surface area (Å²) in [6.07, 6.45) is 1.51. The number of carbonyl (C=O) groups excluding carboxylic acids is 1. The van der Waals surface area contributed by atoms with Gasteiger partial charge in [0.2, 0.25) is 5.91 Å². The summed E-state index contributed by atoms with van der Waals surface area (Å²) in [5.41, 5.74) is 7.36.